The van der Waals surface area contributed by atoms with Gasteiger partial charge in [0, 0.05) is 6.54 Å². The van der Waals surface area contributed by atoms with Crippen LogP contribution >= 0.6 is 0 Å². The Morgan fingerprint density at radius 2 is 0.714 bits per heavy atom. The van der Waals surface area contributed by atoms with Crippen LogP contribution in [-0.2, 0) is 44.3 Å². The molecule has 0 aromatic heterocycles. The van der Waals surface area contributed by atoms with E-state index in [1.165, 1.54) is 5.56 Å². The molecule has 0 aliphatic carbocycles. The number of benzene rings is 2. The maximum absolute atomic E-state index is 11.8. The first kappa shape index (κ1) is 82.7. The molecule has 0 aliphatic rings. The summed E-state index contributed by atoms with van der Waals surface area (Å²) >= 11 is -2.27. The normalized spacial score (nSPS) is 10.3. The summed E-state index contributed by atoms with van der Waals surface area (Å²) in [7, 11) is -3.33. The zero-order chi connectivity index (χ0) is 41.3. The van der Waals surface area contributed by atoms with E-state index in [2.05, 4.69) is 187 Å². The van der Waals surface area contributed by atoms with Crippen molar-refractivity contribution in [1.29, 1.82) is 0 Å². The topological polar surface area (TPSA) is 80.3 Å². The Hall–Kier alpha value is -1.17. The zero-order valence-corrected chi connectivity index (χ0v) is 42.2. The van der Waals surface area contributed by atoms with Crippen molar-refractivity contribution >= 4 is 10.0 Å². The number of sulfonamides is 1. The summed E-state index contributed by atoms with van der Waals surface area (Å²) in [6, 6.07) is 19.0. The summed E-state index contributed by atoms with van der Waals surface area (Å²) in [5.41, 5.74) is 3.94. The fourth-order valence-corrected chi connectivity index (χ4v) is 3.54. The summed E-state index contributed by atoms with van der Waals surface area (Å²) in [6.07, 6.45) is 1.86. The first-order valence-electron chi connectivity index (χ1n) is 17.9. The van der Waals surface area contributed by atoms with Crippen LogP contribution in [0.2, 0.25) is 0 Å². The predicted octanol–water partition coefficient (Wildman–Crippen LogP) is 17.2. The maximum atomic E-state index is 11.8. The van der Waals surface area contributed by atoms with Crippen LogP contribution < -0.4 is 4.72 Å². The molecule has 342 valence electrons. The van der Waals surface area contributed by atoms with Crippen LogP contribution in [0.3, 0.4) is 0 Å². The van der Waals surface area contributed by atoms with Crippen LogP contribution in [0.4, 0.5) is 0 Å². The average Bonchev–Trinajstić information content (AvgIpc) is 2.84. The molecule has 0 aliphatic heterocycles. The molecule has 0 fully saturated rings. The van der Waals surface area contributed by atoms with E-state index in [1.807, 2.05) is 0 Å². The number of rotatable bonds is 5. The molecule has 0 atom stereocenters. The molecule has 0 unspecified atom stereocenters. The first-order valence-corrected chi connectivity index (χ1v) is 21.4. The van der Waals surface area contributed by atoms with Crippen LogP contribution in [0.5, 0.6) is 0 Å². The van der Waals surface area contributed by atoms with E-state index in [0.29, 0.717) is 38.5 Å². The van der Waals surface area contributed by atoms with Crippen molar-refractivity contribution in [2.45, 2.75) is 205 Å². The second-order valence-electron chi connectivity index (χ2n) is 21.1. The van der Waals surface area contributed by atoms with E-state index in [9.17, 15) is 8.42 Å². The second-order valence-corrected chi connectivity index (χ2v) is 23.3. The number of hydrogen-bond acceptors (Lipinski definition) is 4. The molecular formula is C49H105NO4SZr-2. The van der Waals surface area contributed by atoms with Crippen LogP contribution in [0, 0.1) is 41.9 Å². The molecule has 2 aromatic rings. The molecule has 2 rings (SSSR count). The predicted molar refractivity (Wildman–Crippen MR) is 257 cm³/mol. The average molecular weight is 896 g/mol. The van der Waals surface area contributed by atoms with Gasteiger partial charge in [-0.1, -0.05) is 231 Å². The molecule has 0 saturated heterocycles. The summed E-state index contributed by atoms with van der Waals surface area (Å²) in [6.45, 7) is 48.6. The Kier molecular flexibility index (Phi) is 58.0. The Labute approximate surface area is 369 Å². The Morgan fingerprint density at radius 3 is 0.911 bits per heavy atom. The van der Waals surface area contributed by atoms with Gasteiger partial charge in [0.1, 0.15) is 0 Å². The van der Waals surface area contributed by atoms with Crippen LogP contribution in [0.25, 0.3) is 0 Å². The van der Waals surface area contributed by atoms with Crippen molar-refractivity contribution in [2.24, 2.45) is 27.1 Å². The molecule has 0 heterocycles. The van der Waals surface area contributed by atoms with Gasteiger partial charge in [-0.3, -0.25) is 0 Å². The van der Waals surface area contributed by atoms with Crippen molar-refractivity contribution in [3.63, 3.8) is 0 Å². The van der Waals surface area contributed by atoms with Crippen molar-refractivity contribution in [3.05, 3.63) is 81.1 Å². The third kappa shape index (κ3) is 111. The Morgan fingerprint density at radius 1 is 0.482 bits per heavy atom. The fourth-order valence-electron chi connectivity index (χ4n) is 2.45. The van der Waals surface area contributed by atoms with Crippen molar-refractivity contribution < 1.29 is 37.3 Å². The van der Waals surface area contributed by atoms with Gasteiger partial charge in [-0.25, -0.2) is 13.1 Å². The molecular weight excluding hydrogens is 790 g/mol. The van der Waals surface area contributed by atoms with Crippen LogP contribution in [-0.4, -0.2) is 15.0 Å². The van der Waals surface area contributed by atoms with Gasteiger partial charge in [0.25, 0.3) is 0 Å². The van der Waals surface area contributed by atoms with E-state index < -0.39 is 33.3 Å². The monoisotopic (exact) mass is 894 g/mol. The standard InChI is InChI=1S/C13H21NO2S.C10H14.4C5H12.4CH4.2CH3.2O.Zr/c1-13(2,3)10-7-11-14-17(15,16)12-8-5-4-6-9-12;1-10(2,3)9-7-5-4-6-8-9;4*1-5(2,3)4;;;;;;;;;/h4-6,8-9,14H,7,10-11H2,1-3H3;4-8H,1-3H3;4*1-4H3;4*1H4;2*1H3;;;/q;;;;;;;;;;2*-1;;;. The van der Waals surface area contributed by atoms with Gasteiger partial charge in [-0.2, -0.15) is 0 Å². The van der Waals surface area contributed by atoms with Crippen LogP contribution in [0.1, 0.15) is 200 Å². The SMILES string of the molecule is C.C.C.C.CC(C)(C)C.CC(C)(C)C.CC(C)(C)C.CC(C)(C)C.CC(C)(C)CCCNS(=O)(=O)c1ccccc1.CC(C)(C)c1ccccc1.[CH3-].[CH3-].[O]=[Zr]=[O]. The van der Waals surface area contributed by atoms with Gasteiger partial charge in [0.15, 0.2) is 0 Å². The molecule has 0 spiro atoms. The van der Waals surface area contributed by atoms with Gasteiger partial charge in [0.05, 0.1) is 4.90 Å². The minimum atomic E-state index is -3.33. The van der Waals surface area contributed by atoms with E-state index in [0.717, 1.165) is 12.8 Å². The van der Waals surface area contributed by atoms with E-state index in [1.54, 1.807) is 30.3 Å². The van der Waals surface area contributed by atoms with Crippen molar-refractivity contribution in [2.75, 3.05) is 6.54 Å². The molecule has 56 heavy (non-hydrogen) atoms. The first-order chi connectivity index (χ1) is 21.8. The molecule has 1 N–H and O–H groups in total. The fraction of sp³-hybridized carbons (Fsp3) is 0.714. The van der Waals surface area contributed by atoms with Crippen LogP contribution in [0.15, 0.2) is 65.6 Å². The minimum absolute atomic E-state index is 0. The molecule has 7 heteroatoms. The summed E-state index contributed by atoms with van der Waals surface area (Å²) < 4.78 is 43.4. The summed E-state index contributed by atoms with van der Waals surface area (Å²) in [4.78, 5) is 0.329. The third-order valence-electron chi connectivity index (χ3n) is 4.09. The zero-order valence-electron chi connectivity index (χ0n) is 38.9. The van der Waals surface area contributed by atoms with Gasteiger partial charge < -0.3 is 14.9 Å². The van der Waals surface area contributed by atoms with Gasteiger partial charge in [-0.15, -0.1) is 0 Å². The second kappa shape index (κ2) is 39.3. The molecule has 0 bridgehead atoms. The molecule has 5 nitrogen and oxygen atoms in total. The number of nitrogens with one attached hydrogen (secondary N) is 1. The molecule has 0 saturated carbocycles. The quantitative estimate of drug-likeness (QED) is 0.239. The number of hydrogen-bond donors (Lipinski definition) is 1. The van der Waals surface area contributed by atoms with Gasteiger partial charge in [-0.05, 0) is 63.0 Å². The Balaban J connectivity index is -0.0000000502. The van der Waals surface area contributed by atoms with E-state index in [-0.39, 0.29) is 50.0 Å². The van der Waals surface area contributed by atoms with E-state index >= 15 is 0 Å². The Bertz CT molecular complexity index is 1120. The van der Waals surface area contributed by atoms with Gasteiger partial charge in [0.2, 0.25) is 10.0 Å². The third-order valence-corrected chi connectivity index (χ3v) is 5.57. The van der Waals surface area contributed by atoms with E-state index in [4.69, 9.17) is 5.63 Å². The molecule has 0 amide bonds. The van der Waals surface area contributed by atoms with Gasteiger partial charge >= 0.3 is 28.9 Å². The summed E-state index contributed by atoms with van der Waals surface area (Å²) in [5.74, 6) is 0. The molecule has 0 radical (unpaired) electrons. The van der Waals surface area contributed by atoms with Crippen molar-refractivity contribution in [3.8, 4) is 0 Å². The molecule has 2 aromatic carbocycles. The van der Waals surface area contributed by atoms with Crippen molar-refractivity contribution in [1.82, 2.24) is 4.72 Å². The summed E-state index contributed by atoms with van der Waals surface area (Å²) in [5, 5.41) is 0.